The molecule has 0 atom stereocenters. The minimum atomic E-state index is 0.687. The first kappa shape index (κ1) is 11.6. The third-order valence-electron chi connectivity index (χ3n) is 3.09. The lowest BCUT2D eigenvalue weighted by molar-refractivity contribution is 1.51. The summed E-state index contributed by atoms with van der Waals surface area (Å²) in [7, 11) is 0. The highest BCUT2D eigenvalue weighted by Gasteiger charge is 2.04. The SMILES string of the molecule is Nc1cc2cc3cc(S)c(N)cc3cc2cc1S. The van der Waals surface area contributed by atoms with Gasteiger partial charge in [0.2, 0.25) is 0 Å². The fourth-order valence-electron chi connectivity index (χ4n) is 2.11. The highest BCUT2D eigenvalue weighted by Crippen LogP contribution is 2.31. The zero-order valence-electron chi connectivity index (χ0n) is 9.51. The molecule has 0 bridgehead atoms. The van der Waals surface area contributed by atoms with Crippen molar-refractivity contribution in [2.75, 3.05) is 11.5 Å². The first-order valence-electron chi connectivity index (χ1n) is 5.49. The predicted octanol–water partition coefficient (Wildman–Crippen LogP) is 3.73. The van der Waals surface area contributed by atoms with Crippen LogP contribution in [0.4, 0.5) is 11.4 Å². The Hall–Kier alpha value is -1.52. The normalized spacial score (nSPS) is 11.2. The van der Waals surface area contributed by atoms with E-state index in [4.69, 9.17) is 11.5 Å². The largest absolute Gasteiger partial charge is 0.398 e. The molecule has 0 fully saturated rings. The highest BCUT2D eigenvalue weighted by atomic mass is 32.1. The summed E-state index contributed by atoms with van der Waals surface area (Å²) in [6.07, 6.45) is 0. The van der Waals surface area contributed by atoms with E-state index in [-0.39, 0.29) is 0 Å². The number of thiol groups is 2. The van der Waals surface area contributed by atoms with Crippen molar-refractivity contribution in [2.45, 2.75) is 9.79 Å². The molecule has 3 aromatic rings. The molecular formula is C14H12N2S2. The van der Waals surface area contributed by atoms with E-state index in [2.05, 4.69) is 37.4 Å². The van der Waals surface area contributed by atoms with E-state index in [1.807, 2.05) is 24.3 Å². The van der Waals surface area contributed by atoms with Crippen LogP contribution in [0.15, 0.2) is 46.2 Å². The molecule has 0 aliphatic rings. The minimum Gasteiger partial charge on any atom is -0.398 e. The standard InChI is InChI=1S/C14H12N2S2/c15-11-3-7-1-9-5-13(17)12(16)4-8(9)2-10(7)6-14(11)18/h1-6,17-18H,15-16H2. The van der Waals surface area contributed by atoms with Gasteiger partial charge in [0.05, 0.1) is 0 Å². The van der Waals surface area contributed by atoms with E-state index < -0.39 is 0 Å². The third-order valence-corrected chi connectivity index (χ3v) is 3.86. The van der Waals surface area contributed by atoms with Crippen LogP contribution in [-0.2, 0) is 0 Å². The molecule has 0 saturated carbocycles. The van der Waals surface area contributed by atoms with Crippen molar-refractivity contribution in [1.82, 2.24) is 0 Å². The molecule has 0 aliphatic heterocycles. The Kier molecular flexibility index (Phi) is 2.57. The van der Waals surface area contributed by atoms with Gasteiger partial charge in [0, 0.05) is 21.2 Å². The summed E-state index contributed by atoms with van der Waals surface area (Å²) in [6, 6.07) is 12.0. The molecule has 18 heavy (non-hydrogen) atoms. The molecule has 0 saturated heterocycles. The van der Waals surface area contributed by atoms with Crippen molar-refractivity contribution in [3.05, 3.63) is 36.4 Å². The number of hydrogen-bond donors (Lipinski definition) is 4. The molecule has 0 unspecified atom stereocenters. The average molecular weight is 272 g/mol. The fraction of sp³-hybridized carbons (Fsp3) is 0. The second-order valence-corrected chi connectivity index (χ2v) is 5.33. The van der Waals surface area contributed by atoms with Crippen LogP contribution in [0.25, 0.3) is 21.5 Å². The zero-order chi connectivity index (χ0) is 12.9. The van der Waals surface area contributed by atoms with Gasteiger partial charge >= 0.3 is 0 Å². The molecule has 3 aromatic carbocycles. The Balaban J connectivity index is 2.43. The molecule has 0 amide bonds. The summed E-state index contributed by atoms with van der Waals surface area (Å²) in [5.41, 5.74) is 13.1. The Morgan fingerprint density at radius 1 is 0.556 bits per heavy atom. The third kappa shape index (κ3) is 1.78. The van der Waals surface area contributed by atoms with Crippen molar-refractivity contribution in [1.29, 1.82) is 0 Å². The summed E-state index contributed by atoms with van der Waals surface area (Å²) in [6.45, 7) is 0. The number of benzene rings is 3. The van der Waals surface area contributed by atoms with Crippen LogP contribution >= 0.6 is 25.3 Å². The molecule has 0 aromatic heterocycles. The Morgan fingerprint density at radius 3 is 1.28 bits per heavy atom. The van der Waals surface area contributed by atoms with Gasteiger partial charge in [-0.25, -0.2) is 0 Å². The van der Waals surface area contributed by atoms with E-state index in [1.54, 1.807) is 0 Å². The van der Waals surface area contributed by atoms with Crippen LogP contribution in [0.2, 0.25) is 0 Å². The number of rotatable bonds is 0. The summed E-state index contributed by atoms with van der Waals surface area (Å²) in [5, 5.41) is 4.40. The number of anilines is 2. The highest BCUT2D eigenvalue weighted by molar-refractivity contribution is 7.80. The van der Waals surface area contributed by atoms with Gasteiger partial charge in [0.15, 0.2) is 0 Å². The maximum Gasteiger partial charge on any atom is 0.0456 e. The zero-order valence-corrected chi connectivity index (χ0v) is 11.3. The summed E-state index contributed by atoms with van der Waals surface area (Å²) < 4.78 is 0. The lowest BCUT2D eigenvalue weighted by Gasteiger charge is -2.07. The molecule has 0 heterocycles. The van der Waals surface area contributed by atoms with Gasteiger partial charge in [-0.15, -0.1) is 25.3 Å². The number of fused-ring (bicyclic) bond motifs is 2. The van der Waals surface area contributed by atoms with Gasteiger partial charge in [-0.3, -0.25) is 0 Å². The topological polar surface area (TPSA) is 52.0 Å². The van der Waals surface area contributed by atoms with Crippen LogP contribution in [-0.4, -0.2) is 0 Å². The van der Waals surface area contributed by atoms with Crippen molar-refractivity contribution in [3.8, 4) is 0 Å². The first-order chi connectivity index (χ1) is 8.54. The molecule has 0 radical (unpaired) electrons. The summed E-state index contributed by atoms with van der Waals surface area (Å²) in [5.74, 6) is 0. The van der Waals surface area contributed by atoms with Crippen LogP contribution < -0.4 is 11.5 Å². The summed E-state index contributed by atoms with van der Waals surface area (Å²) in [4.78, 5) is 1.58. The van der Waals surface area contributed by atoms with Gasteiger partial charge in [0.25, 0.3) is 0 Å². The average Bonchev–Trinajstić information content (AvgIpc) is 2.31. The fourth-order valence-corrected chi connectivity index (χ4v) is 2.52. The Labute approximate surface area is 116 Å². The van der Waals surface area contributed by atoms with E-state index in [0.29, 0.717) is 11.4 Å². The molecule has 3 rings (SSSR count). The smallest absolute Gasteiger partial charge is 0.0456 e. The van der Waals surface area contributed by atoms with Gasteiger partial charge < -0.3 is 11.5 Å². The quantitative estimate of drug-likeness (QED) is 0.286. The van der Waals surface area contributed by atoms with E-state index in [0.717, 1.165) is 31.3 Å². The molecular weight excluding hydrogens is 260 g/mol. The maximum absolute atomic E-state index is 5.87. The molecule has 4 N–H and O–H groups in total. The minimum absolute atomic E-state index is 0.687. The van der Waals surface area contributed by atoms with Crippen LogP contribution in [0, 0.1) is 0 Å². The van der Waals surface area contributed by atoms with Crippen LogP contribution in [0.5, 0.6) is 0 Å². The van der Waals surface area contributed by atoms with Gasteiger partial charge in [-0.1, -0.05) is 0 Å². The Morgan fingerprint density at radius 2 is 0.889 bits per heavy atom. The van der Waals surface area contributed by atoms with Crippen molar-refractivity contribution in [3.63, 3.8) is 0 Å². The number of nitrogen functional groups attached to an aromatic ring is 2. The molecule has 90 valence electrons. The van der Waals surface area contributed by atoms with Crippen molar-refractivity contribution >= 4 is 58.2 Å². The number of nitrogens with two attached hydrogens (primary N) is 2. The van der Waals surface area contributed by atoms with Crippen molar-refractivity contribution in [2.24, 2.45) is 0 Å². The molecule has 4 heteroatoms. The number of hydrogen-bond acceptors (Lipinski definition) is 4. The monoisotopic (exact) mass is 272 g/mol. The second-order valence-electron chi connectivity index (χ2n) is 4.37. The molecule has 0 spiro atoms. The lowest BCUT2D eigenvalue weighted by Crippen LogP contribution is -1.89. The van der Waals surface area contributed by atoms with Gasteiger partial charge in [-0.05, 0) is 57.9 Å². The predicted molar refractivity (Wildman–Crippen MR) is 84.8 cm³/mol. The van der Waals surface area contributed by atoms with E-state index in [1.165, 1.54) is 0 Å². The first-order valence-corrected chi connectivity index (χ1v) is 6.38. The van der Waals surface area contributed by atoms with E-state index >= 15 is 0 Å². The maximum atomic E-state index is 5.87. The van der Waals surface area contributed by atoms with Gasteiger partial charge in [0.1, 0.15) is 0 Å². The molecule has 0 aliphatic carbocycles. The Bertz CT molecular complexity index is 653. The van der Waals surface area contributed by atoms with Crippen molar-refractivity contribution < 1.29 is 0 Å². The lowest BCUT2D eigenvalue weighted by atomic mass is 10.0. The molecule has 2 nitrogen and oxygen atoms in total. The van der Waals surface area contributed by atoms with Crippen LogP contribution in [0.1, 0.15) is 0 Å². The second kappa shape index (κ2) is 4.00. The van der Waals surface area contributed by atoms with Gasteiger partial charge in [-0.2, -0.15) is 0 Å². The summed E-state index contributed by atoms with van der Waals surface area (Å²) >= 11 is 8.69. The van der Waals surface area contributed by atoms with Crippen LogP contribution in [0.3, 0.4) is 0 Å². The van der Waals surface area contributed by atoms with E-state index in [9.17, 15) is 0 Å².